The summed E-state index contributed by atoms with van der Waals surface area (Å²) in [4.78, 5) is 11.1. The topological polar surface area (TPSA) is 64.4 Å². The Morgan fingerprint density at radius 1 is 1.33 bits per heavy atom. The second kappa shape index (κ2) is 5.23. The summed E-state index contributed by atoms with van der Waals surface area (Å²) in [7, 11) is 0. The Balaban J connectivity index is 1.64. The zero-order chi connectivity index (χ0) is 16.7. The Kier molecular flexibility index (Phi) is 3.16. The van der Waals surface area contributed by atoms with Crippen LogP contribution in [0.4, 0.5) is 0 Å². The molecule has 0 spiro atoms. The lowest BCUT2D eigenvalue weighted by atomic mass is 9.87. The molecule has 1 N–H and O–H groups in total. The van der Waals surface area contributed by atoms with Crippen LogP contribution < -0.4 is 0 Å². The van der Waals surface area contributed by atoms with Gasteiger partial charge in [-0.1, -0.05) is 24.3 Å². The average Bonchev–Trinajstić information content (AvgIpc) is 3.18. The van der Waals surface area contributed by atoms with Crippen LogP contribution >= 0.6 is 0 Å². The molecule has 1 aliphatic carbocycles. The van der Waals surface area contributed by atoms with Gasteiger partial charge in [-0.25, -0.2) is 9.48 Å². The first-order chi connectivity index (χ1) is 11.5. The minimum Gasteiger partial charge on any atom is -0.481 e. The van der Waals surface area contributed by atoms with E-state index < -0.39 is 5.97 Å². The maximum atomic E-state index is 11.1. The highest BCUT2D eigenvalue weighted by atomic mass is 16.5. The van der Waals surface area contributed by atoms with Crippen molar-refractivity contribution in [2.75, 3.05) is 0 Å². The number of benzene rings is 1. The van der Waals surface area contributed by atoms with Gasteiger partial charge in [-0.15, -0.1) is 0 Å². The molecule has 5 nitrogen and oxygen atoms in total. The summed E-state index contributed by atoms with van der Waals surface area (Å²) < 4.78 is 7.76. The van der Waals surface area contributed by atoms with E-state index in [2.05, 4.69) is 30.3 Å². The molecule has 2 unspecified atom stereocenters. The Labute approximate surface area is 139 Å². The normalized spacial score (nSPS) is 24.4. The number of aromatic carboxylic acids is 1. The van der Waals surface area contributed by atoms with E-state index in [1.54, 1.807) is 29.1 Å². The van der Waals surface area contributed by atoms with Crippen molar-refractivity contribution >= 4 is 11.7 Å². The van der Waals surface area contributed by atoms with Gasteiger partial charge < -0.3 is 9.84 Å². The number of fused-ring (bicyclic) bond motifs is 1. The molecule has 0 saturated carbocycles. The molecule has 1 aliphatic heterocycles. The second-order valence-electron chi connectivity index (χ2n) is 6.09. The molecule has 0 saturated heterocycles. The molecular weight excluding hydrogens is 304 g/mol. The number of carboxylic acid groups (broad SMARTS) is 1. The number of rotatable bonds is 3. The lowest BCUT2D eigenvalue weighted by Gasteiger charge is -2.27. The van der Waals surface area contributed by atoms with Crippen LogP contribution in [0.15, 0.2) is 66.9 Å². The van der Waals surface area contributed by atoms with E-state index >= 15 is 0 Å². The summed E-state index contributed by atoms with van der Waals surface area (Å²) in [5.74, 6) is -0.0218. The Hall–Kier alpha value is -3.08. The van der Waals surface area contributed by atoms with Crippen molar-refractivity contribution in [1.29, 1.82) is 0 Å². The van der Waals surface area contributed by atoms with Gasteiger partial charge in [0.05, 0.1) is 11.3 Å². The van der Waals surface area contributed by atoms with Crippen LogP contribution in [0, 0.1) is 5.92 Å². The fourth-order valence-electron chi connectivity index (χ4n) is 3.01. The van der Waals surface area contributed by atoms with Crippen LogP contribution in [0.1, 0.15) is 23.0 Å². The molecule has 5 heteroatoms. The van der Waals surface area contributed by atoms with Crippen LogP contribution in [-0.4, -0.2) is 26.5 Å². The summed E-state index contributed by atoms with van der Waals surface area (Å²) >= 11 is 0. The number of carbonyl (C=O) groups is 1. The number of nitrogens with zero attached hydrogens (tertiary/aromatic N) is 2. The van der Waals surface area contributed by atoms with Gasteiger partial charge in [-0.3, -0.25) is 0 Å². The molecule has 24 heavy (non-hydrogen) atoms. The largest absolute Gasteiger partial charge is 0.481 e. The molecule has 2 heterocycles. The minimum atomic E-state index is -0.957. The van der Waals surface area contributed by atoms with Gasteiger partial charge in [-0.2, -0.15) is 5.10 Å². The molecule has 4 rings (SSSR count). The Bertz CT molecular complexity index is 907. The summed E-state index contributed by atoms with van der Waals surface area (Å²) in [5.41, 5.74) is 1.29. The van der Waals surface area contributed by atoms with Crippen molar-refractivity contribution in [3.8, 4) is 5.69 Å². The fourth-order valence-corrected chi connectivity index (χ4v) is 3.01. The van der Waals surface area contributed by atoms with Gasteiger partial charge in [0.1, 0.15) is 17.1 Å². The minimum absolute atomic E-state index is 0.193. The molecule has 0 bridgehead atoms. The molecule has 1 aromatic carbocycles. The molecule has 1 aromatic heterocycles. The van der Waals surface area contributed by atoms with E-state index in [0.29, 0.717) is 5.69 Å². The van der Waals surface area contributed by atoms with Crippen LogP contribution in [0.2, 0.25) is 0 Å². The third kappa shape index (κ3) is 2.34. The van der Waals surface area contributed by atoms with Crippen LogP contribution in [0.25, 0.3) is 11.4 Å². The maximum Gasteiger partial charge on any atom is 0.335 e. The molecular formula is C19H16N2O3. The van der Waals surface area contributed by atoms with E-state index in [9.17, 15) is 4.79 Å². The second-order valence-corrected chi connectivity index (χ2v) is 6.09. The van der Waals surface area contributed by atoms with Crippen molar-refractivity contribution < 1.29 is 14.6 Å². The van der Waals surface area contributed by atoms with Gasteiger partial charge in [-0.05, 0) is 43.3 Å². The van der Waals surface area contributed by atoms with E-state index in [1.165, 1.54) is 0 Å². The van der Waals surface area contributed by atoms with Gasteiger partial charge in [0.25, 0.3) is 0 Å². The maximum absolute atomic E-state index is 11.1. The summed E-state index contributed by atoms with van der Waals surface area (Å²) in [6.45, 7) is 2.05. The Morgan fingerprint density at radius 3 is 3.00 bits per heavy atom. The van der Waals surface area contributed by atoms with Crippen molar-refractivity contribution in [2.24, 2.45) is 5.92 Å². The zero-order valence-electron chi connectivity index (χ0n) is 13.1. The number of carboxylic acids is 1. The monoisotopic (exact) mass is 320 g/mol. The first kappa shape index (κ1) is 14.5. The van der Waals surface area contributed by atoms with Crippen LogP contribution in [0.5, 0.6) is 0 Å². The van der Waals surface area contributed by atoms with E-state index in [0.717, 1.165) is 11.5 Å². The standard InChI is InChI=1S/C19H16N2O3/c1-19-9-3-2-6-14(19)12-17(24-19)16-8-10-21(20-16)15-7-4-5-13(11-15)18(22)23/h2-12,14H,1H3,(H,22,23). The summed E-state index contributed by atoms with van der Waals surface area (Å²) in [6, 6.07) is 8.54. The first-order valence-electron chi connectivity index (χ1n) is 7.72. The number of ether oxygens (including phenoxy) is 1. The lowest BCUT2D eigenvalue weighted by Crippen LogP contribution is -2.29. The summed E-state index contributed by atoms with van der Waals surface area (Å²) in [6.07, 6.45) is 12.0. The molecule has 120 valence electrons. The lowest BCUT2D eigenvalue weighted by molar-refractivity contribution is 0.0696. The van der Waals surface area contributed by atoms with E-state index in [4.69, 9.17) is 9.84 Å². The van der Waals surface area contributed by atoms with Crippen molar-refractivity contribution in [2.45, 2.75) is 12.5 Å². The SMILES string of the molecule is CC12C=CC=CC1C=C(c1ccn(-c3cccc(C(=O)O)c3)n1)O2. The molecule has 2 aromatic rings. The zero-order valence-corrected chi connectivity index (χ0v) is 13.1. The number of allylic oxidation sites excluding steroid dienone is 2. The van der Waals surface area contributed by atoms with Crippen molar-refractivity contribution in [3.63, 3.8) is 0 Å². The molecule has 0 fully saturated rings. The predicted molar refractivity (Wildman–Crippen MR) is 89.8 cm³/mol. The van der Waals surface area contributed by atoms with E-state index in [-0.39, 0.29) is 17.1 Å². The van der Waals surface area contributed by atoms with Crippen LogP contribution in [0.3, 0.4) is 0 Å². The van der Waals surface area contributed by atoms with Crippen molar-refractivity contribution in [3.05, 3.63) is 78.2 Å². The number of hydrogen-bond donors (Lipinski definition) is 1. The average molecular weight is 320 g/mol. The highest BCUT2D eigenvalue weighted by Gasteiger charge is 2.39. The molecule has 0 radical (unpaired) electrons. The number of aromatic nitrogens is 2. The predicted octanol–water partition coefficient (Wildman–Crippen LogP) is 3.44. The smallest absolute Gasteiger partial charge is 0.335 e. The van der Waals surface area contributed by atoms with Crippen LogP contribution in [-0.2, 0) is 4.74 Å². The molecule has 2 atom stereocenters. The van der Waals surface area contributed by atoms with E-state index in [1.807, 2.05) is 24.3 Å². The number of hydrogen-bond acceptors (Lipinski definition) is 3. The van der Waals surface area contributed by atoms with Gasteiger partial charge in [0.2, 0.25) is 0 Å². The van der Waals surface area contributed by atoms with Gasteiger partial charge in [0, 0.05) is 12.1 Å². The summed E-state index contributed by atoms with van der Waals surface area (Å²) in [5, 5.41) is 13.6. The Morgan fingerprint density at radius 2 is 2.21 bits per heavy atom. The van der Waals surface area contributed by atoms with Gasteiger partial charge in [0.15, 0.2) is 0 Å². The fraction of sp³-hybridized carbons (Fsp3) is 0.158. The third-order valence-corrected chi connectivity index (χ3v) is 4.38. The van der Waals surface area contributed by atoms with Crippen molar-refractivity contribution in [1.82, 2.24) is 9.78 Å². The highest BCUT2D eigenvalue weighted by molar-refractivity contribution is 5.88. The molecule has 0 amide bonds. The third-order valence-electron chi connectivity index (χ3n) is 4.38. The highest BCUT2D eigenvalue weighted by Crippen LogP contribution is 2.41. The van der Waals surface area contributed by atoms with Gasteiger partial charge >= 0.3 is 5.97 Å². The quantitative estimate of drug-likeness (QED) is 0.941. The first-order valence-corrected chi connectivity index (χ1v) is 7.72. The molecule has 2 aliphatic rings.